The van der Waals surface area contributed by atoms with E-state index in [0.29, 0.717) is 12.0 Å². The van der Waals surface area contributed by atoms with Crippen LogP contribution in [0.25, 0.3) is 22.2 Å². The van der Waals surface area contributed by atoms with Gasteiger partial charge in [-0.05, 0) is 36.1 Å². The fraction of sp³-hybridized carbons (Fsp3) is 0.208. The van der Waals surface area contributed by atoms with Crippen LogP contribution >= 0.6 is 0 Å². The molecule has 0 N–H and O–H groups in total. The number of hydrogen-bond acceptors (Lipinski definition) is 4. The van der Waals surface area contributed by atoms with Crippen LogP contribution in [0.2, 0.25) is 0 Å². The molecule has 0 aliphatic heterocycles. The summed E-state index contributed by atoms with van der Waals surface area (Å²) in [5.74, 6) is -2.45. The third-order valence-corrected chi connectivity index (χ3v) is 6.01. The van der Waals surface area contributed by atoms with Gasteiger partial charge in [-0.1, -0.05) is 43.3 Å². The summed E-state index contributed by atoms with van der Waals surface area (Å²) in [6, 6.07) is 17.5. The van der Waals surface area contributed by atoms with Gasteiger partial charge in [0.1, 0.15) is 5.92 Å². The van der Waals surface area contributed by atoms with E-state index < -0.39 is 17.7 Å². The van der Waals surface area contributed by atoms with Crippen molar-refractivity contribution < 1.29 is 19.1 Å². The zero-order valence-electron chi connectivity index (χ0n) is 16.1. The van der Waals surface area contributed by atoms with Crippen LogP contribution in [0.15, 0.2) is 60.2 Å². The Morgan fingerprint density at radius 3 is 2.45 bits per heavy atom. The van der Waals surface area contributed by atoms with Crippen LogP contribution in [0.1, 0.15) is 29.4 Å². The summed E-state index contributed by atoms with van der Waals surface area (Å²) < 4.78 is 6.90. The van der Waals surface area contributed by atoms with E-state index in [0.717, 1.165) is 27.9 Å². The highest BCUT2D eigenvalue weighted by molar-refractivity contribution is 6.40. The predicted octanol–water partition coefficient (Wildman–Crippen LogP) is 3.98. The van der Waals surface area contributed by atoms with Gasteiger partial charge in [-0.3, -0.25) is 14.4 Å². The summed E-state index contributed by atoms with van der Waals surface area (Å²) in [5, 5.41) is 0.820. The van der Waals surface area contributed by atoms with E-state index >= 15 is 0 Å². The van der Waals surface area contributed by atoms with Gasteiger partial charge in [0, 0.05) is 11.1 Å². The molecule has 2 unspecified atom stereocenters. The number of nitrogens with zero attached hydrogens (tertiary/aromatic N) is 1. The zero-order chi connectivity index (χ0) is 20.3. The molecule has 0 radical (unpaired) electrons. The van der Waals surface area contributed by atoms with Crippen LogP contribution in [-0.4, -0.2) is 29.2 Å². The number of fused-ring (bicyclic) bond motifs is 4. The SMILES string of the molecule is COC(=O)C1C(=O)C2=C(CC1C)c1c(c3ccccc3n1-c1ccccc1)C2=O. The Morgan fingerprint density at radius 1 is 1.03 bits per heavy atom. The molecule has 5 rings (SSSR count). The Labute approximate surface area is 167 Å². The minimum Gasteiger partial charge on any atom is -0.468 e. The van der Waals surface area contributed by atoms with Crippen LogP contribution in [0.3, 0.4) is 0 Å². The fourth-order valence-corrected chi connectivity index (χ4v) is 4.76. The molecule has 2 atom stereocenters. The highest BCUT2D eigenvalue weighted by Crippen LogP contribution is 2.48. The van der Waals surface area contributed by atoms with Crippen molar-refractivity contribution in [3.63, 3.8) is 0 Å². The van der Waals surface area contributed by atoms with E-state index in [1.54, 1.807) is 0 Å². The molecule has 0 amide bonds. The number of esters is 1. The molecule has 1 heterocycles. The molecular formula is C24H19NO4. The summed E-state index contributed by atoms with van der Waals surface area (Å²) in [5.41, 5.74) is 4.09. The molecular weight excluding hydrogens is 366 g/mol. The van der Waals surface area contributed by atoms with E-state index in [-0.39, 0.29) is 17.3 Å². The molecule has 2 aliphatic carbocycles. The third kappa shape index (κ3) is 2.30. The van der Waals surface area contributed by atoms with E-state index in [2.05, 4.69) is 4.57 Å². The largest absolute Gasteiger partial charge is 0.468 e. The molecule has 0 saturated heterocycles. The first-order valence-electron chi connectivity index (χ1n) is 9.63. The van der Waals surface area contributed by atoms with E-state index in [4.69, 9.17) is 4.74 Å². The van der Waals surface area contributed by atoms with Crippen molar-refractivity contribution in [2.45, 2.75) is 13.3 Å². The molecule has 3 aromatic rings. The lowest BCUT2D eigenvalue weighted by Gasteiger charge is -2.27. The van der Waals surface area contributed by atoms with Gasteiger partial charge in [-0.25, -0.2) is 0 Å². The maximum atomic E-state index is 13.4. The van der Waals surface area contributed by atoms with Crippen LogP contribution < -0.4 is 0 Å². The molecule has 2 aromatic carbocycles. The summed E-state index contributed by atoms with van der Waals surface area (Å²) in [4.78, 5) is 38.8. The van der Waals surface area contributed by atoms with Crippen molar-refractivity contribution in [1.82, 2.24) is 4.57 Å². The Morgan fingerprint density at radius 2 is 1.72 bits per heavy atom. The standard InChI is InChI=1S/C24H19NO4/c1-13-12-16-20(22(26)18(13)24(28)29-2)23(27)19-15-10-6-7-11-17(15)25(21(16)19)14-8-4-3-5-9-14/h3-11,13,18H,12H2,1-2H3. The molecule has 144 valence electrons. The highest BCUT2D eigenvalue weighted by Gasteiger charge is 2.48. The zero-order valence-corrected chi connectivity index (χ0v) is 16.1. The average Bonchev–Trinajstić information content (AvgIpc) is 3.22. The number of Topliss-reactive ketones (excluding diaryl/α,β-unsaturated/α-hetero) is 2. The second kappa shape index (κ2) is 6.27. The number of hydrogen-bond donors (Lipinski definition) is 0. The van der Waals surface area contributed by atoms with Gasteiger partial charge in [0.2, 0.25) is 0 Å². The number of para-hydroxylation sites is 2. The van der Waals surface area contributed by atoms with Crippen LogP contribution in [0.4, 0.5) is 0 Å². The number of ether oxygens (including phenoxy) is 1. The van der Waals surface area contributed by atoms with Gasteiger partial charge in [0.05, 0.1) is 29.5 Å². The van der Waals surface area contributed by atoms with Crippen molar-refractivity contribution in [3.8, 4) is 5.69 Å². The van der Waals surface area contributed by atoms with Crippen LogP contribution in [0.5, 0.6) is 0 Å². The average molecular weight is 385 g/mol. The van der Waals surface area contributed by atoms with Crippen molar-refractivity contribution in [3.05, 3.63) is 71.4 Å². The number of benzene rings is 2. The topological polar surface area (TPSA) is 65.4 Å². The summed E-state index contributed by atoms with van der Waals surface area (Å²) >= 11 is 0. The number of carbonyl (C=O) groups is 3. The van der Waals surface area contributed by atoms with Gasteiger partial charge in [0.25, 0.3) is 0 Å². The van der Waals surface area contributed by atoms with Gasteiger partial charge in [-0.2, -0.15) is 0 Å². The number of carbonyl (C=O) groups excluding carboxylic acids is 3. The first kappa shape index (κ1) is 17.6. The monoisotopic (exact) mass is 385 g/mol. The van der Waals surface area contributed by atoms with Crippen molar-refractivity contribution >= 4 is 34.0 Å². The third-order valence-electron chi connectivity index (χ3n) is 6.01. The van der Waals surface area contributed by atoms with Gasteiger partial charge < -0.3 is 9.30 Å². The first-order chi connectivity index (χ1) is 14.0. The lowest BCUT2D eigenvalue weighted by atomic mass is 9.76. The molecule has 0 spiro atoms. The number of methoxy groups -OCH3 is 1. The highest BCUT2D eigenvalue weighted by atomic mass is 16.5. The maximum Gasteiger partial charge on any atom is 0.316 e. The van der Waals surface area contributed by atoms with Crippen LogP contribution in [0, 0.1) is 11.8 Å². The molecule has 0 bridgehead atoms. The van der Waals surface area contributed by atoms with Crippen molar-refractivity contribution in [1.29, 1.82) is 0 Å². The predicted molar refractivity (Wildman–Crippen MR) is 109 cm³/mol. The number of aromatic nitrogens is 1. The number of rotatable bonds is 2. The molecule has 0 fully saturated rings. The molecule has 29 heavy (non-hydrogen) atoms. The summed E-state index contributed by atoms with van der Waals surface area (Å²) in [7, 11) is 1.27. The fourth-order valence-electron chi connectivity index (χ4n) is 4.76. The lowest BCUT2D eigenvalue weighted by molar-refractivity contribution is -0.150. The minimum atomic E-state index is -0.928. The Kier molecular flexibility index (Phi) is 3.81. The second-order valence-corrected chi connectivity index (χ2v) is 7.64. The van der Waals surface area contributed by atoms with E-state index in [1.807, 2.05) is 61.5 Å². The molecule has 2 aliphatic rings. The van der Waals surface area contributed by atoms with Crippen LogP contribution in [-0.2, 0) is 14.3 Å². The Bertz CT molecular complexity index is 1230. The van der Waals surface area contributed by atoms with Gasteiger partial charge in [0.15, 0.2) is 11.6 Å². The molecule has 0 saturated carbocycles. The smallest absolute Gasteiger partial charge is 0.316 e. The van der Waals surface area contributed by atoms with Gasteiger partial charge >= 0.3 is 5.97 Å². The number of ketones is 2. The maximum absolute atomic E-state index is 13.4. The quantitative estimate of drug-likeness (QED) is 0.380. The van der Waals surface area contributed by atoms with Crippen molar-refractivity contribution in [2.24, 2.45) is 11.8 Å². The normalized spacial score (nSPS) is 20.8. The van der Waals surface area contributed by atoms with Crippen molar-refractivity contribution in [2.75, 3.05) is 7.11 Å². The molecule has 5 nitrogen and oxygen atoms in total. The molecule has 5 heteroatoms. The van der Waals surface area contributed by atoms with E-state index in [1.165, 1.54) is 7.11 Å². The summed E-state index contributed by atoms with van der Waals surface area (Å²) in [6.45, 7) is 1.86. The molecule has 1 aromatic heterocycles. The Hall–Kier alpha value is -3.47. The first-order valence-corrected chi connectivity index (χ1v) is 9.63. The number of allylic oxidation sites excluding steroid dienone is 2. The Balaban J connectivity index is 1.81. The second-order valence-electron chi connectivity index (χ2n) is 7.64. The van der Waals surface area contributed by atoms with Gasteiger partial charge in [-0.15, -0.1) is 0 Å². The minimum absolute atomic E-state index is 0.152. The lowest BCUT2D eigenvalue weighted by Crippen LogP contribution is -2.36. The van der Waals surface area contributed by atoms with E-state index in [9.17, 15) is 14.4 Å². The summed E-state index contributed by atoms with van der Waals surface area (Å²) in [6.07, 6.45) is 0.475.